The van der Waals surface area contributed by atoms with Gasteiger partial charge in [0.1, 0.15) is 0 Å². The molecule has 2 atom stereocenters. The van der Waals surface area contributed by atoms with Gasteiger partial charge in [0.25, 0.3) is 6.01 Å². The van der Waals surface area contributed by atoms with E-state index in [1.165, 1.54) is 6.26 Å². The predicted octanol–water partition coefficient (Wildman–Crippen LogP) is 2.15. The quantitative estimate of drug-likeness (QED) is 0.866. The highest BCUT2D eigenvalue weighted by atomic mass is 32.2. The third-order valence-corrected chi connectivity index (χ3v) is 5.68. The topological polar surface area (TPSA) is 61.2 Å². The maximum absolute atomic E-state index is 12.1. The molecule has 1 aromatic carbocycles. The predicted molar refractivity (Wildman–Crippen MR) is 84.5 cm³/mol. The lowest BCUT2D eigenvalue weighted by Crippen LogP contribution is -2.27. The molecule has 0 aliphatic heterocycles. The first-order chi connectivity index (χ1) is 10.4. The van der Waals surface area contributed by atoms with Crippen LogP contribution in [0.5, 0.6) is 6.01 Å². The Labute approximate surface area is 130 Å². The van der Waals surface area contributed by atoms with Crippen molar-refractivity contribution in [2.24, 2.45) is 13.0 Å². The lowest BCUT2D eigenvalue weighted by atomic mass is 9.84. The minimum atomic E-state index is -3.13. The fraction of sp³-hybridized carbons (Fsp3) is 0.438. The van der Waals surface area contributed by atoms with Crippen molar-refractivity contribution in [1.82, 2.24) is 9.55 Å². The minimum absolute atomic E-state index is 0.173. The lowest BCUT2D eigenvalue weighted by molar-refractivity contribution is 0.211. The van der Waals surface area contributed by atoms with Crippen molar-refractivity contribution in [2.45, 2.75) is 18.1 Å². The minimum Gasteiger partial charge on any atom is -0.464 e. The average Bonchev–Trinajstić information content (AvgIpc) is 2.88. The Bertz CT molecular complexity index is 767. The summed E-state index contributed by atoms with van der Waals surface area (Å²) in [5, 5.41) is -0.438. The summed E-state index contributed by atoms with van der Waals surface area (Å²) in [5.74, 6) is 0.173. The fourth-order valence-electron chi connectivity index (χ4n) is 3.07. The van der Waals surface area contributed by atoms with Crippen molar-refractivity contribution in [2.75, 3.05) is 12.9 Å². The summed E-state index contributed by atoms with van der Waals surface area (Å²) >= 11 is 0. The molecule has 1 unspecified atom stereocenters. The van der Waals surface area contributed by atoms with Crippen LogP contribution in [0.3, 0.4) is 0 Å². The molecule has 6 heteroatoms. The Morgan fingerprint density at radius 1 is 1.36 bits per heavy atom. The smallest absolute Gasteiger partial charge is 0.295 e. The van der Waals surface area contributed by atoms with Crippen molar-refractivity contribution in [3.63, 3.8) is 0 Å². The van der Waals surface area contributed by atoms with Gasteiger partial charge < -0.3 is 9.30 Å². The van der Waals surface area contributed by atoms with Gasteiger partial charge in [-0.25, -0.2) is 13.4 Å². The van der Waals surface area contributed by atoms with Crippen molar-refractivity contribution >= 4 is 9.84 Å². The first kappa shape index (κ1) is 15.1. The Balaban J connectivity index is 1.80. The average molecular weight is 320 g/mol. The Kier molecular flexibility index (Phi) is 3.95. The third-order valence-electron chi connectivity index (χ3n) is 4.20. The van der Waals surface area contributed by atoms with E-state index in [1.807, 2.05) is 42.1 Å². The summed E-state index contributed by atoms with van der Waals surface area (Å²) in [6.07, 6.45) is 6.26. The number of fused-ring (bicyclic) bond motifs is 1. The van der Waals surface area contributed by atoms with Crippen molar-refractivity contribution in [3.05, 3.63) is 47.8 Å². The Morgan fingerprint density at radius 3 is 2.82 bits per heavy atom. The number of nitrogens with zero attached hydrogens (tertiary/aromatic N) is 2. The molecule has 0 radical (unpaired) electrons. The van der Waals surface area contributed by atoms with E-state index < -0.39 is 15.1 Å². The van der Waals surface area contributed by atoms with Gasteiger partial charge in [-0.1, -0.05) is 24.3 Å². The molecule has 0 bridgehead atoms. The summed E-state index contributed by atoms with van der Waals surface area (Å²) in [4.78, 5) is 4.13. The van der Waals surface area contributed by atoms with Crippen LogP contribution in [0, 0.1) is 5.92 Å². The lowest BCUT2D eigenvalue weighted by Gasteiger charge is -2.30. The molecule has 0 amide bonds. The van der Waals surface area contributed by atoms with Gasteiger partial charge >= 0.3 is 0 Å². The zero-order valence-electron chi connectivity index (χ0n) is 12.8. The van der Waals surface area contributed by atoms with E-state index in [-0.39, 0.29) is 5.92 Å². The van der Waals surface area contributed by atoms with Crippen LogP contribution in [0.2, 0.25) is 0 Å². The number of ether oxygens (including phenoxy) is 1. The first-order valence-electron chi connectivity index (χ1n) is 7.32. The van der Waals surface area contributed by atoms with Gasteiger partial charge in [0.15, 0.2) is 9.84 Å². The summed E-state index contributed by atoms with van der Waals surface area (Å²) in [6.45, 7) is 0.477. The van der Waals surface area contributed by atoms with E-state index in [0.717, 1.165) is 17.5 Å². The molecule has 0 spiro atoms. The van der Waals surface area contributed by atoms with Crippen molar-refractivity contribution < 1.29 is 13.2 Å². The number of sulfone groups is 1. The molecule has 118 valence electrons. The van der Waals surface area contributed by atoms with Gasteiger partial charge in [-0.05, 0) is 29.9 Å². The van der Waals surface area contributed by atoms with Crippen LogP contribution in [-0.4, -0.2) is 30.8 Å². The molecule has 0 N–H and O–H groups in total. The molecule has 3 rings (SSSR count). The Morgan fingerprint density at radius 2 is 2.14 bits per heavy atom. The summed E-state index contributed by atoms with van der Waals surface area (Å²) in [5.41, 5.74) is 2.05. The van der Waals surface area contributed by atoms with Crippen LogP contribution in [0.1, 0.15) is 22.8 Å². The van der Waals surface area contributed by atoms with Crippen LogP contribution in [0.25, 0.3) is 0 Å². The molecule has 0 saturated heterocycles. The molecular weight excluding hydrogens is 300 g/mol. The molecule has 0 saturated carbocycles. The number of hydrogen-bond acceptors (Lipinski definition) is 4. The van der Waals surface area contributed by atoms with E-state index in [1.54, 1.807) is 6.20 Å². The van der Waals surface area contributed by atoms with E-state index in [0.29, 0.717) is 19.0 Å². The number of benzene rings is 1. The SMILES string of the molecule is Cn1ccnc1OC[C@@H]1Cc2ccccc2C(S(C)(=O)=O)C1. The van der Waals surface area contributed by atoms with Gasteiger partial charge in [0.05, 0.1) is 11.9 Å². The van der Waals surface area contributed by atoms with Crippen molar-refractivity contribution in [3.8, 4) is 6.01 Å². The molecule has 1 aliphatic rings. The number of aromatic nitrogens is 2. The number of hydrogen-bond donors (Lipinski definition) is 0. The second-order valence-corrected chi connectivity index (χ2v) is 8.18. The van der Waals surface area contributed by atoms with Crippen LogP contribution >= 0.6 is 0 Å². The maximum atomic E-state index is 12.1. The van der Waals surface area contributed by atoms with E-state index in [2.05, 4.69) is 4.98 Å². The molecule has 0 fully saturated rings. The van der Waals surface area contributed by atoms with Crippen LogP contribution in [0.15, 0.2) is 36.7 Å². The highest BCUT2D eigenvalue weighted by Gasteiger charge is 2.33. The summed E-state index contributed by atoms with van der Waals surface area (Å²) in [6, 6.07) is 8.37. The van der Waals surface area contributed by atoms with Crippen LogP contribution in [-0.2, 0) is 23.3 Å². The standard InChI is InChI=1S/C16H20N2O3S/c1-18-8-7-17-16(18)21-11-12-9-13-5-3-4-6-14(13)15(10-12)22(2,19)20/h3-8,12,15H,9-11H2,1-2H3/t12-,15?/m1/s1. The van der Waals surface area contributed by atoms with E-state index in [4.69, 9.17) is 4.74 Å². The first-order valence-corrected chi connectivity index (χ1v) is 9.27. The largest absolute Gasteiger partial charge is 0.464 e. The molecular formula is C16H20N2O3S. The molecule has 22 heavy (non-hydrogen) atoms. The van der Waals surface area contributed by atoms with E-state index in [9.17, 15) is 8.42 Å². The number of rotatable bonds is 4. The van der Waals surface area contributed by atoms with Gasteiger partial charge in [-0.2, -0.15) is 0 Å². The fourth-order valence-corrected chi connectivity index (χ4v) is 4.39. The van der Waals surface area contributed by atoms with E-state index >= 15 is 0 Å². The van der Waals surface area contributed by atoms with Crippen molar-refractivity contribution in [1.29, 1.82) is 0 Å². The summed E-state index contributed by atoms with van der Waals surface area (Å²) in [7, 11) is -1.26. The second-order valence-electron chi connectivity index (χ2n) is 5.95. The monoisotopic (exact) mass is 320 g/mol. The highest BCUT2D eigenvalue weighted by molar-refractivity contribution is 7.90. The van der Waals surface area contributed by atoms with Crippen LogP contribution in [0.4, 0.5) is 0 Å². The Hall–Kier alpha value is -1.82. The van der Waals surface area contributed by atoms with Gasteiger partial charge in [-0.3, -0.25) is 0 Å². The maximum Gasteiger partial charge on any atom is 0.295 e. The second kappa shape index (κ2) is 5.76. The summed E-state index contributed by atoms with van der Waals surface area (Å²) < 4.78 is 31.8. The van der Waals surface area contributed by atoms with Gasteiger partial charge in [-0.15, -0.1) is 0 Å². The third kappa shape index (κ3) is 3.02. The molecule has 5 nitrogen and oxygen atoms in total. The molecule has 1 aliphatic carbocycles. The normalized spacial score (nSPS) is 21.4. The zero-order chi connectivity index (χ0) is 15.7. The molecule has 1 heterocycles. The van der Waals surface area contributed by atoms with Gasteiger partial charge in [0.2, 0.25) is 0 Å². The van der Waals surface area contributed by atoms with Gasteiger partial charge in [0, 0.05) is 25.7 Å². The molecule has 2 aromatic rings. The molecule has 1 aromatic heterocycles. The highest BCUT2D eigenvalue weighted by Crippen LogP contribution is 2.38. The zero-order valence-corrected chi connectivity index (χ0v) is 13.6. The van der Waals surface area contributed by atoms with Crippen LogP contribution < -0.4 is 4.74 Å². The number of aryl methyl sites for hydroxylation is 1. The number of imidazole rings is 1.